The molecule has 0 radical (unpaired) electrons. The van der Waals surface area contributed by atoms with E-state index >= 15 is 0 Å². The van der Waals surface area contributed by atoms with Gasteiger partial charge in [0.1, 0.15) is 0 Å². The van der Waals surface area contributed by atoms with E-state index in [-0.39, 0.29) is 23.1 Å². The summed E-state index contributed by atoms with van der Waals surface area (Å²) in [6.45, 7) is 2.30. The second-order valence-corrected chi connectivity index (χ2v) is 7.47. The van der Waals surface area contributed by atoms with Crippen LogP contribution in [-0.4, -0.2) is 34.8 Å². The van der Waals surface area contributed by atoms with Crippen LogP contribution in [0.5, 0.6) is 0 Å². The van der Waals surface area contributed by atoms with Crippen molar-refractivity contribution in [1.29, 1.82) is 0 Å². The Kier molecular flexibility index (Phi) is 5.67. The summed E-state index contributed by atoms with van der Waals surface area (Å²) < 4.78 is 6.83. The minimum atomic E-state index is -0.172. The summed E-state index contributed by atoms with van der Waals surface area (Å²) >= 11 is 2.71. The smallest absolute Gasteiger partial charge is 0.262 e. The molecule has 1 aromatic carbocycles. The first kappa shape index (κ1) is 17.8. The molecule has 3 rings (SSSR count). The lowest BCUT2D eigenvalue weighted by Crippen LogP contribution is -2.28. The molecule has 0 aliphatic carbocycles. The van der Waals surface area contributed by atoms with Gasteiger partial charge in [0.05, 0.1) is 34.2 Å². The van der Waals surface area contributed by atoms with Gasteiger partial charge >= 0.3 is 0 Å². The molecule has 0 aliphatic heterocycles. The van der Waals surface area contributed by atoms with Gasteiger partial charge in [0.2, 0.25) is 0 Å². The SMILES string of the molecule is COCC(C)n1c(SCC(=O)c2cccs2)nc2ccccc2c1=O. The predicted molar refractivity (Wildman–Crippen MR) is 102 cm³/mol. The average Bonchev–Trinajstić information content (AvgIpc) is 3.14. The Labute approximate surface area is 153 Å². The summed E-state index contributed by atoms with van der Waals surface area (Å²) in [5.41, 5.74) is 0.528. The van der Waals surface area contributed by atoms with Gasteiger partial charge < -0.3 is 4.74 Å². The van der Waals surface area contributed by atoms with Crippen LogP contribution in [0.3, 0.4) is 0 Å². The molecule has 7 heteroatoms. The van der Waals surface area contributed by atoms with E-state index in [2.05, 4.69) is 4.98 Å². The van der Waals surface area contributed by atoms with Crippen LogP contribution in [0.4, 0.5) is 0 Å². The lowest BCUT2D eigenvalue weighted by atomic mass is 10.2. The molecule has 3 aromatic rings. The zero-order valence-corrected chi connectivity index (χ0v) is 15.6. The first-order chi connectivity index (χ1) is 12.1. The highest BCUT2D eigenvalue weighted by molar-refractivity contribution is 7.99. The highest BCUT2D eigenvalue weighted by Crippen LogP contribution is 2.23. The van der Waals surface area contributed by atoms with Gasteiger partial charge in [-0.1, -0.05) is 30.0 Å². The maximum atomic E-state index is 12.9. The van der Waals surface area contributed by atoms with Crippen LogP contribution < -0.4 is 5.56 Å². The number of carbonyl (C=O) groups excluding carboxylic acids is 1. The molecule has 0 amide bonds. The number of thioether (sulfide) groups is 1. The van der Waals surface area contributed by atoms with Crippen LogP contribution in [0.1, 0.15) is 22.6 Å². The molecule has 0 N–H and O–H groups in total. The number of carbonyl (C=O) groups is 1. The van der Waals surface area contributed by atoms with Gasteiger partial charge in [-0.3, -0.25) is 14.2 Å². The van der Waals surface area contributed by atoms with Crippen molar-refractivity contribution >= 4 is 39.8 Å². The van der Waals surface area contributed by atoms with Crippen molar-refractivity contribution < 1.29 is 9.53 Å². The first-order valence-electron chi connectivity index (χ1n) is 7.81. The monoisotopic (exact) mass is 374 g/mol. The van der Waals surface area contributed by atoms with Gasteiger partial charge in [-0.05, 0) is 30.5 Å². The van der Waals surface area contributed by atoms with Gasteiger partial charge in [0.25, 0.3) is 5.56 Å². The van der Waals surface area contributed by atoms with E-state index in [4.69, 9.17) is 4.74 Å². The number of aromatic nitrogens is 2. The van der Waals surface area contributed by atoms with Crippen molar-refractivity contribution in [2.75, 3.05) is 19.5 Å². The van der Waals surface area contributed by atoms with E-state index in [9.17, 15) is 9.59 Å². The number of ether oxygens (including phenoxy) is 1. The second-order valence-electron chi connectivity index (χ2n) is 5.58. The van der Waals surface area contributed by atoms with Gasteiger partial charge in [-0.25, -0.2) is 4.98 Å². The molecule has 5 nitrogen and oxygen atoms in total. The quantitative estimate of drug-likeness (QED) is 0.359. The number of fused-ring (bicyclic) bond motifs is 1. The highest BCUT2D eigenvalue weighted by Gasteiger charge is 2.18. The van der Waals surface area contributed by atoms with Crippen LogP contribution in [0.2, 0.25) is 0 Å². The zero-order valence-electron chi connectivity index (χ0n) is 14.0. The highest BCUT2D eigenvalue weighted by atomic mass is 32.2. The zero-order chi connectivity index (χ0) is 17.8. The van der Waals surface area contributed by atoms with E-state index in [0.29, 0.717) is 27.5 Å². The Morgan fingerprint density at radius 3 is 2.84 bits per heavy atom. The van der Waals surface area contributed by atoms with Gasteiger partial charge in [0, 0.05) is 7.11 Å². The molecule has 0 fully saturated rings. The fourth-order valence-corrected chi connectivity index (χ4v) is 4.31. The molecular formula is C18H18N2O3S2. The molecule has 1 atom stereocenters. The summed E-state index contributed by atoms with van der Waals surface area (Å²) in [6.07, 6.45) is 0. The second kappa shape index (κ2) is 7.95. The maximum absolute atomic E-state index is 12.9. The van der Waals surface area contributed by atoms with Gasteiger partial charge in [0.15, 0.2) is 10.9 Å². The third kappa shape index (κ3) is 3.84. The number of rotatable bonds is 7. The van der Waals surface area contributed by atoms with Crippen molar-refractivity contribution in [3.05, 3.63) is 57.0 Å². The molecule has 2 heterocycles. The standard InChI is InChI=1S/C18H18N2O3S2/c1-12(10-23-2)20-17(22)13-6-3-4-7-14(13)19-18(20)25-11-15(21)16-8-5-9-24-16/h3-9,12H,10-11H2,1-2H3. The average molecular weight is 374 g/mol. The molecule has 0 spiro atoms. The van der Waals surface area contributed by atoms with E-state index in [0.717, 1.165) is 0 Å². The molecule has 0 saturated carbocycles. The number of hydrogen-bond donors (Lipinski definition) is 0. The number of benzene rings is 1. The number of nitrogens with zero attached hydrogens (tertiary/aromatic N) is 2. The number of hydrogen-bond acceptors (Lipinski definition) is 6. The van der Waals surface area contributed by atoms with Crippen LogP contribution in [-0.2, 0) is 4.74 Å². The van der Waals surface area contributed by atoms with Crippen molar-refractivity contribution in [2.45, 2.75) is 18.1 Å². The number of methoxy groups -OCH3 is 1. The molecule has 2 aromatic heterocycles. The molecule has 1 unspecified atom stereocenters. The first-order valence-corrected chi connectivity index (χ1v) is 9.68. The Hall–Kier alpha value is -1.96. The minimum Gasteiger partial charge on any atom is -0.383 e. The van der Waals surface area contributed by atoms with Crippen molar-refractivity contribution in [2.24, 2.45) is 0 Å². The topological polar surface area (TPSA) is 61.2 Å². The maximum Gasteiger partial charge on any atom is 0.262 e. The minimum absolute atomic E-state index is 0.0355. The van der Waals surface area contributed by atoms with Crippen molar-refractivity contribution in [3.8, 4) is 0 Å². The summed E-state index contributed by atoms with van der Waals surface area (Å²) in [7, 11) is 1.60. The predicted octanol–water partition coefficient (Wildman–Crippen LogP) is 3.64. The molecule has 0 aliphatic rings. The number of ketones is 1. The van der Waals surface area contributed by atoms with E-state index in [1.54, 1.807) is 17.7 Å². The third-order valence-electron chi connectivity index (χ3n) is 3.75. The van der Waals surface area contributed by atoms with Crippen LogP contribution in [0.25, 0.3) is 10.9 Å². The van der Waals surface area contributed by atoms with Crippen LogP contribution in [0, 0.1) is 0 Å². The Bertz CT molecular complexity index is 935. The van der Waals surface area contributed by atoms with Gasteiger partial charge in [-0.15, -0.1) is 11.3 Å². The summed E-state index contributed by atoms with van der Waals surface area (Å²) in [5.74, 6) is 0.277. The Morgan fingerprint density at radius 2 is 2.12 bits per heavy atom. The van der Waals surface area contributed by atoms with Gasteiger partial charge in [-0.2, -0.15) is 0 Å². The fraction of sp³-hybridized carbons (Fsp3) is 0.278. The number of para-hydroxylation sites is 1. The fourth-order valence-electron chi connectivity index (χ4n) is 2.57. The van der Waals surface area contributed by atoms with Crippen LogP contribution in [0.15, 0.2) is 51.7 Å². The molecule has 25 heavy (non-hydrogen) atoms. The lowest BCUT2D eigenvalue weighted by Gasteiger charge is -2.18. The molecular weight excluding hydrogens is 356 g/mol. The van der Waals surface area contributed by atoms with E-state index in [1.165, 1.54) is 23.1 Å². The summed E-state index contributed by atoms with van der Waals surface area (Å²) in [6, 6.07) is 10.7. The number of Topliss-reactive ketones (excluding diaryl/α,β-unsaturated/α-hetero) is 1. The molecule has 0 saturated heterocycles. The number of thiophene rings is 1. The van der Waals surface area contributed by atoms with Crippen LogP contribution >= 0.6 is 23.1 Å². The normalized spacial score (nSPS) is 12.4. The largest absolute Gasteiger partial charge is 0.383 e. The van der Waals surface area contributed by atoms with E-state index in [1.807, 2.05) is 42.6 Å². The summed E-state index contributed by atoms with van der Waals surface area (Å²) in [5, 5.41) is 2.99. The van der Waals surface area contributed by atoms with E-state index < -0.39 is 0 Å². The van der Waals surface area contributed by atoms with Crippen molar-refractivity contribution in [3.63, 3.8) is 0 Å². The molecule has 0 bridgehead atoms. The lowest BCUT2D eigenvalue weighted by molar-refractivity contribution is 0.102. The molecule has 130 valence electrons. The third-order valence-corrected chi connectivity index (χ3v) is 5.62. The van der Waals surface area contributed by atoms with Crippen molar-refractivity contribution in [1.82, 2.24) is 9.55 Å². The Balaban J connectivity index is 1.98. The summed E-state index contributed by atoms with van der Waals surface area (Å²) in [4.78, 5) is 30.5. The Morgan fingerprint density at radius 1 is 1.32 bits per heavy atom.